The van der Waals surface area contributed by atoms with E-state index in [9.17, 15) is 0 Å². The second-order valence-corrected chi connectivity index (χ2v) is 7.34. The van der Waals surface area contributed by atoms with Crippen LogP contribution in [0.15, 0.2) is 33.3 Å². The SMILES string of the molecule is C=C1C2=C(CCCCCCNCCC)[SH]1C=C(N)N2. The molecule has 3 nitrogen and oxygen atoms in total. The molecule has 3 aliphatic heterocycles. The first-order chi connectivity index (χ1) is 9.24. The molecule has 0 aliphatic carbocycles. The van der Waals surface area contributed by atoms with Crippen molar-refractivity contribution in [3.05, 3.63) is 33.3 Å². The molecule has 4 N–H and O–H groups in total. The number of nitrogens with two attached hydrogens (primary N) is 1. The van der Waals surface area contributed by atoms with Gasteiger partial charge >= 0.3 is 0 Å². The second kappa shape index (κ2) is 7.06. The quantitative estimate of drug-likeness (QED) is 0.388. The molecular weight excluding hydrogens is 254 g/mol. The third-order valence-corrected chi connectivity index (χ3v) is 6.01. The van der Waals surface area contributed by atoms with Crippen LogP contribution in [0.4, 0.5) is 0 Å². The molecule has 3 heterocycles. The van der Waals surface area contributed by atoms with Gasteiger partial charge in [-0.25, -0.2) is 0 Å². The number of thiol groups is 1. The highest BCUT2D eigenvalue weighted by atomic mass is 32.2. The molecule has 0 saturated heterocycles. The molecule has 4 heteroatoms. The average molecular weight is 281 g/mol. The zero-order valence-electron chi connectivity index (χ0n) is 12.0. The molecule has 1 atom stereocenters. The third-order valence-electron chi connectivity index (χ3n) is 3.64. The molecule has 0 spiro atoms. The van der Waals surface area contributed by atoms with Crippen LogP contribution >= 0.6 is 10.9 Å². The fourth-order valence-electron chi connectivity index (χ4n) is 2.58. The lowest BCUT2D eigenvalue weighted by atomic mass is 10.1. The fraction of sp³-hybridized carbons (Fsp3) is 0.600. The minimum atomic E-state index is -0.221. The third kappa shape index (κ3) is 3.57. The van der Waals surface area contributed by atoms with E-state index in [4.69, 9.17) is 5.73 Å². The van der Waals surface area contributed by atoms with E-state index in [-0.39, 0.29) is 10.9 Å². The van der Waals surface area contributed by atoms with Crippen LogP contribution in [-0.2, 0) is 0 Å². The molecule has 19 heavy (non-hydrogen) atoms. The lowest BCUT2D eigenvalue weighted by Crippen LogP contribution is -2.31. The maximum absolute atomic E-state index is 5.80. The minimum Gasteiger partial charge on any atom is -0.385 e. The number of hydrogen-bond acceptors (Lipinski definition) is 3. The molecular formula is C15H27N3S. The van der Waals surface area contributed by atoms with Gasteiger partial charge in [0.25, 0.3) is 0 Å². The lowest BCUT2D eigenvalue weighted by molar-refractivity contribution is 0.585. The maximum Gasteiger partial charge on any atom is 0.106 e. The maximum atomic E-state index is 5.80. The zero-order chi connectivity index (χ0) is 13.7. The topological polar surface area (TPSA) is 50.1 Å². The molecule has 2 bridgehead atoms. The van der Waals surface area contributed by atoms with Gasteiger partial charge in [-0.1, -0.05) is 26.3 Å². The van der Waals surface area contributed by atoms with E-state index in [1.807, 2.05) is 0 Å². The van der Waals surface area contributed by atoms with E-state index in [0.717, 1.165) is 12.4 Å². The molecule has 0 amide bonds. The Morgan fingerprint density at radius 3 is 2.74 bits per heavy atom. The molecule has 0 fully saturated rings. The first-order valence-electron chi connectivity index (χ1n) is 7.40. The Balaban J connectivity index is 1.57. The van der Waals surface area contributed by atoms with Gasteiger partial charge < -0.3 is 16.4 Å². The molecule has 1 unspecified atom stereocenters. The first-order valence-corrected chi connectivity index (χ1v) is 8.81. The standard InChI is InChI=1S/C15H27N3S/c1-3-9-17-10-7-5-4-6-8-13-15-12(2)19(13)11-14(16)18-15/h11,17-19H,2-10,16H2,1H3. The second-order valence-electron chi connectivity index (χ2n) is 5.26. The Bertz CT molecular complexity index is 398. The highest BCUT2D eigenvalue weighted by Crippen LogP contribution is 2.61. The van der Waals surface area contributed by atoms with E-state index in [0.29, 0.717) is 0 Å². The summed E-state index contributed by atoms with van der Waals surface area (Å²) in [7, 11) is -0.221. The van der Waals surface area contributed by atoms with Gasteiger partial charge in [0.15, 0.2) is 0 Å². The van der Waals surface area contributed by atoms with Gasteiger partial charge in [0.05, 0.1) is 5.70 Å². The summed E-state index contributed by atoms with van der Waals surface area (Å²) in [6.45, 7) is 8.65. The number of hydrogen-bond donors (Lipinski definition) is 4. The van der Waals surface area contributed by atoms with Crippen molar-refractivity contribution in [3.8, 4) is 0 Å². The predicted molar refractivity (Wildman–Crippen MR) is 86.8 cm³/mol. The summed E-state index contributed by atoms with van der Waals surface area (Å²) in [6.07, 6.45) is 7.73. The van der Waals surface area contributed by atoms with Crippen LogP contribution in [0, 0.1) is 0 Å². The van der Waals surface area contributed by atoms with Crippen LogP contribution in [0.3, 0.4) is 0 Å². The molecule has 0 saturated carbocycles. The van der Waals surface area contributed by atoms with E-state index < -0.39 is 0 Å². The number of unbranched alkanes of at least 4 members (excludes halogenated alkanes) is 3. The first kappa shape index (κ1) is 14.5. The van der Waals surface area contributed by atoms with Gasteiger partial charge in [0, 0.05) is 4.91 Å². The van der Waals surface area contributed by atoms with Gasteiger partial charge in [0.2, 0.25) is 0 Å². The Hall–Kier alpha value is -0.870. The van der Waals surface area contributed by atoms with Crippen LogP contribution < -0.4 is 16.4 Å². The molecule has 0 aromatic rings. The summed E-state index contributed by atoms with van der Waals surface area (Å²) < 4.78 is 0. The summed E-state index contributed by atoms with van der Waals surface area (Å²) in [5, 5.41) is 8.86. The lowest BCUT2D eigenvalue weighted by Gasteiger charge is -2.42. The molecule has 3 aliphatic rings. The zero-order valence-corrected chi connectivity index (χ0v) is 12.9. The molecule has 0 aromatic carbocycles. The van der Waals surface area contributed by atoms with Gasteiger partial charge in [0.1, 0.15) is 5.82 Å². The summed E-state index contributed by atoms with van der Waals surface area (Å²) >= 11 is 0. The van der Waals surface area contributed by atoms with Crippen molar-refractivity contribution in [2.24, 2.45) is 5.73 Å². The summed E-state index contributed by atoms with van der Waals surface area (Å²) in [6, 6.07) is 0. The summed E-state index contributed by atoms with van der Waals surface area (Å²) in [4.78, 5) is 2.86. The number of allylic oxidation sites excluding steroid dienone is 1. The smallest absolute Gasteiger partial charge is 0.106 e. The van der Waals surface area contributed by atoms with Crippen molar-refractivity contribution in [2.75, 3.05) is 13.1 Å². The van der Waals surface area contributed by atoms with Crippen LogP contribution in [0.25, 0.3) is 0 Å². The van der Waals surface area contributed by atoms with Crippen LogP contribution in [0.5, 0.6) is 0 Å². The highest BCUT2D eigenvalue weighted by molar-refractivity contribution is 8.27. The Morgan fingerprint density at radius 2 is 2.05 bits per heavy atom. The number of fused-ring (bicyclic) bond motifs is 1. The molecule has 3 rings (SSSR count). The van der Waals surface area contributed by atoms with Crippen molar-refractivity contribution >= 4 is 10.9 Å². The Morgan fingerprint density at radius 1 is 1.26 bits per heavy atom. The predicted octanol–water partition coefficient (Wildman–Crippen LogP) is 3.04. The molecule has 0 radical (unpaired) electrons. The van der Waals surface area contributed by atoms with Crippen molar-refractivity contribution in [3.63, 3.8) is 0 Å². The molecule has 108 valence electrons. The number of rotatable bonds is 9. The van der Waals surface area contributed by atoms with Crippen molar-refractivity contribution in [1.29, 1.82) is 0 Å². The van der Waals surface area contributed by atoms with Crippen LogP contribution in [0.1, 0.15) is 45.4 Å². The average Bonchev–Trinajstić information content (AvgIpc) is 2.42. The minimum absolute atomic E-state index is 0.221. The van der Waals surface area contributed by atoms with Crippen molar-refractivity contribution in [1.82, 2.24) is 10.6 Å². The van der Waals surface area contributed by atoms with E-state index in [2.05, 4.69) is 29.5 Å². The Labute approximate surface area is 119 Å². The van der Waals surface area contributed by atoms with Gasteiger partial charge in [-0.15, -0.1) is 0 Å². The summed E-state index contributed by atoms with van der Waals surface area (Å²) in [5.41, 5.74) is 7.04. The van der Waals surface area contributed by atoms with Crippen molar-refractivity contribution < 1.29 is 0 Å². The van der Waals surface area contributed by atoms with E-state index >= 15 is 0 Å². The molecule has 0 aromatic heterocycles. The van der Waals surface area contributed by atoms with Crippen molar-refractivity contribution in [2.45, 2.75) is 45.4 Å². The monoisotopic (exact) mass is 281 g/mol. The van der Waals surface area contributed by atoms with Crippen LogP contribution in [-0.4, -0.2) is 13.1 Å². The van der Waals surface area contributed by atoms with Crippen LogP contribution in [0.2, 0.25) is 0 Å². The Kier molecular flexibility index (Phi) is 5.40. The van der Waals surface area contributed by atoms with E-state index in [1.54, 1.807) is 4.91 Å². The van der Waals surface area contributed by atoms with Gasteiger partial charge in [-0.3, -0.25) is 0 Å². The van der Waals surface area contributed by atoms with Gasteiger partial charge in [-0.2, -0.15) is 10.9 Å². The number of nitrogens with one attached hydrogen (secondary N) is 2. The van der Waals surface area contributed by atoms with E-state index in [1.165, 1.54) is 55.7 Å². The fourth-order valence-corrected chi connectivity index (χ4v) is 4.65. The van der Waals surface area contributed by atoms with Gasteiger partial charge in [-0.05, 0) is 49.1 Å². The highest BCUT2D eigenvalue weighted by Gasteiger charge is 2.32. The summed E-state index contributed by atoms with van der Waals surface area (Å²) in [5.74, 6) is 0.819. The normalized spacial score (nSPS) is 22.9. The largest absolute Gasteiger partial charge is 0.385 e.